The van der Waals surface area contributed by atoms with Crippen molar-refractivity contribution in [1.29, 1.82) is 0 Å². The topological polar surface area (TPSA) is 37.8 Å². The number of aromatic nitrogens is 2. The maximum Gasteiger partial charge on any atom is 0.125 e. The van der Waals surface area contributed by atoms with Crippen LogP contribution < -0.4 is 5.32 Å². The lowest BCUT2D eigenvalue weighted by Crippen LogP contribution is -2.04. The largest absolute Gasteiger partial charge is 0.384 e. The minimum atomic E-state index is -0.225. The van der Waals surface area contributed by atoms with E-state index in [1.165, 1.54) is 12.1 Å². The van der Waals surface area contributed by atoms with Gasteiger partial charge in [-0.3, -0.25) is 4.98 Å². The maximum absolute atomic E-state index is 12.9. The van der Waals surface area contributed by atoms with Crippen LogP contribution in [0.1, 0.15) is 0 Å². The van der Waals surface area contributed by atoms with Gasteiger partial charge in [0.2, 0.25) is 0 Å². The molecule has 0 amide bonds. The molecule has 0 radical (unpaired) electrons. The van der Waals surface area contributed by atoms with Crippen molar-refractivity contribution in [3.63, 3.8) is 0 Å². The highest BCUT2D eigenvalue weighted by atomic mass is 32.2. The number of thioether (sulfide) groups is 1. The summed E-state index contributed by atoms with van der Waals surface area (Å²) < 4.78 is 12.9. The Bertz CT molecular complexity index is 464. The van der Waals surface area contributed by atoms with Crippen molar-refractivity contribution in [2.75, 3.05) is 17.6 Å². The van der Waals surface area contributed by atoms with Gasteiger partial charge in [-0.1, -0.05) is 6.07 Å². The van der Waals surface area contributed by atoms with Crippen LogP contribution in [0, 0.1) is 5.82 Å². The zero-order valence-corrected chi connectivity index (χ0v) is 9.95. The van der Waals surface area contributed by atoms with Crippen molar-refractivity contribution in [2.24, 2.45) is 0 Å². The molecule has 2 rings (SSSR count). The van der Waals surface area contributed by atoms with Crippen LogP contribution in [0.3, 0.4) is 0 Å². The Labute approximate surface area is 103 Å². The Morgan fingerprint density at radius 2 is 2.24 bits per heavy atom. The van der Waals surface area contributed by atoms with Crippen molar-refractivity contribution >= 4 is 17.4 Å². The molecule has 2 aromatic rings. The lowest BCUT2D eigenvalue weighted by Gasteiger charge is -2.05. The van der Waals surface area contributed by atoms with Gasteiger partial charge in [-0.15, -0.1) is 11.8 Å². The predicted molar refractivity (Wildman–Crippen MR) is 67.6 cm³/mol. The van der Waals surface area contributed by atoms with Gasteiger partial charge in [-0.2, -0.15) is 0 Å². The van der Waals surface area contributed by atoms with E-state index >= 15 is 0 Å². The highest BCUT2D eigenvalue weighted by Crippen LogP contribution is 2.13. The maximum atomic E-state index is 12.9. The first-order valence-corrected chi connectivity index (χ1v) is 6.21. The number of rotatable bonds is 5. The third-order valence-electron chi connectivity index (χ3n) is 2.05. The van der Waals surface area contributed by atoms with Crippen LogP contribution in [-0.4, -0.2) is 22.3 Å². The number of hydrogen-bond acceptors (Lipinski definition) is 4. The van der Waals surface area contributed by atoms with E-state index in [2.05, 4.69) is 15.3 Å². The van der Waals surface area contributed by atoms with Gasteiger partial charge in [-0.25, -0.2) is 9.37 Å². The summed E-state index contributed by atoms with van der Waals surface area (Å²) >= 11 is 1.61. The summed E-state index contributed by atoms with van der Waals surface area (Å²) in [5, 5.41) is 4.04. The zero-order valence-electron chi connectivity index (χ0n) is 9.14. The average molecular weight is 249 g/mol. The summed E-state index contributed by atoms with van der Waals surface area (Å²) in [6, 6.07) is 6.44. The van der Waals surface area contributed by atoms with Crippen LogP contribution in [0.4, 0.5) is 10.1 Å². The van der Waals surface area contributed by atoms with Crippen molar-refractivity contribution in [3.8, 4) is 0 Å². The average Bonchev–Trinajstić information content (AvgIpc) is 2.36. The number of nitrogens with one attached hydrogen (secondary N) is 1. The number of anilines is 1. The van der Waals surface area contributed by atoms with Crippen molar-refractivity contribution in [3.05, 3.63) is 48.7 Å². The molecular formula is C12H12FN3S. The van der Waals surface area contributed by atoms with Crippen molar-refractivity contribution < 1.29 is 4.39 Å². The highest BCUT2D eigenvalue weighted by molar-refractivity contribution is 7.99. The van der Waals surface area contributed by atoms with E-state index in [0.29, 0.717) is 0 Å². The standard InChI is InChI=1S/C12H12FN3S/c13-10-2-1-3-11(8-10)15-6-7-17-12-9-14-4-5-16-12/h1-5,8-9,15H,6-7H2. The quantitative estimate of drug-likeness (QED) is 0.653. The van der Waals surface area contributed by atoms with E-state index in [4.69, 9.17) is 0 Å². The monoisotopic (exact) mass is 249 g/mol. The van der Waals surface area contributed by atoms with Gasteiger partial charge >= 0.3 is 0 Å². The number of nitrogens with zero attached hydrogens (tertiary/aromatic N) is 2. The molecule has 3 nitrogen and oxygen atoms in total. The molecule has 5 heteroatoms. The Morgan fingerprint density at radius 1 is 1.29 bits per heavy atom. The first kappa shape index (κ1) is 11.9. The molecular weight excluding hydrogens is 237 g/mol. The third-order valence-corrected chi connectivity index (χ3v) is 2.96. The SMILES string of the molecule is Fc1cccc(NCCSc2cnccn2)c1. The van der Waals surface area contributed by atoms with Gasteiger partial charge in [-0.05, 0) is 18.2 Å². The Kier molecular flexibility index (Phi) is 4.32. The number of benzene rings is 1. The van der Waals surface area contributed by atoms with Crippen molar-refractivity contribution in [2.45, 2.75) is 5.03 Å². The van der Waals surface area contributed by atoms with E-state index in [1.807, 2.05) is 6.07 Å². The number of hydrogen-bond donors (Lipinski definition) is 1. The summed E-state index contributed by atoms with van der Waals surface area (Å²) in [7, 11) is 0. The van der Waals surface area contributed by atoms with Gasteiger partial charge in [0.15, 0.2) is 0 Å². The Morgan fingerprint density at radius 3 is 3.00 bits per heavy atom. The molecule has 0 unspecified atom stereocenters. The van der Waals surface area contributed by atoms with E-state index in [-0.39, 0.29) is 5.82 Å². The first-order chi connectivity index (χ1) is 8.34. The second-order valence-corrected chi connectivity index (χ2v) is 4.44. The van der Waals surface area contributed by atoms with E-state index in [0.717, 1.165) is 23.0 Å². The molecule has 88 valence electrons. The molecule has 0 saturated carbocycles. The Hall–Kier alpha value is -1.62. The zero-order chi connectivity index (χ0) is 11.9. The second-order valence-electron chi connectivity index (χ2n) is 3.33. The van der Waals surface area contributed by atoms with Crippen LogP contribution in [0.25, 0.3) is 0 Å². The van der Waals surface area contributed by atoms with Crippen LogP contribution in [0.2, 0.25) is 0 Å². The fraction of sp³-hybridized carbons (Fsp3) is 0.167. The van der Waals surface area contributed by atoms with Crippen LogP contribution >= 0.6 is 11.8 Å². The molecule has 17 heavy (non-hydrogen) atoms. The van der Waals surface area contributed by atoms with E-state index in [9.17, 15) is 4.39 Å². The summed E-state index contributed by atoms with van der Waals surface area (Å²) in [5.74, 6) is 0.631. The molecule has 1 aromatic carbocycles. The van der Waals surface area contributed by atoms with Gasteiger partial charge in [0.05, 0.1) is 6.20 Å². The van der Waals surface area contributed by atoms with Crippen LogP contribution in [0.15, 0.2) is 47.9 Å². The van der Waals surface area contributed by atoms with Gasteiger partial charge in [0.1, 0.15) is 10.8 Å². The molecule has 1 heterocycles. The van der Waals surface area contributed by atoms with Gasteiger partial charge < -0.3 is 5.32 Å². The number of halogens is 1. The third kappa shape index (κ3) is 4.03. The first-order valence-electron chi connectivity index (χ1n) is 5.23. The normalized spacial score (nSPS) is 10.2. The minimum Gasteiger partial charge on any atom is -0.384 e. The minimum absolute atomic E-state index is 0.225. The lowest BCUT2D eigenvalue weighted by molar-refractivity contribution is 0.628. The predicted octanol–water partition coefficient (Wildman–Crippen LogP) is 2.82. The summed E-state index contributed by atoms with van der Waals surface area (Å²) in [6.07, 6.45) is 5.05. The molecule has 0 atom stereocenters. The molecule has 0 aliphatic carbocycles. The van der Waals surface area contributed by atoms with E-state index in [1.54, 1.807) is 36.4 Å². The molecule has 0 saturated heterocycles. The second kappa shape index (κ2) is 6.20. The Balaban J connectivity index is 1.73. The highest BCUT2D eigenvalue weighted by Gasteiger charge is 1.96. The molecule has 1 N–H and O–H groups in total. The molecule has 1 aromatic heterocycles. The fourth-order valence-electron chi connectivity index (χ4n) is 1.31. The lowest BCUT2D eigenvalue weighted by atomic mass is 10.3. The van der Waals surface area contributed by atoms with Gasteiger partial charge in [0, 0.05) is 30.4 Å². The fourth-order valence-corrected chi connectivity index (χ4v) is 1.99. The molecule has 0 fully saturated rings. The molecule has 0 spiro atoms. The molecule has 0 aliphatic rings. The van der Waals surface area contributed by atoms with Crippen LogP contribution in [0.5, 0.6) is 0 Å². The molecule has 0 aliphatic heterocycles. The summed E-state index contributed by atoms with van der Waals surface area (Å²) in [5.41, 5.74) is 0.796. The van der Waals surface area contributed by atoms with E-state index < -0.39 is 0 Å². The summed E-state index contributed by atoms with van der Waals surface area (Å²) in [6.45, 7) is 0.755. The smallest absolute Gasteiger partial charge is 0.125 e. The van der Waals surface area contributed by atoms with Crippen molar-refractivity contribution in [1.82, 2.24) is 9.97 Å². The van der Waals surface area contributed by atoms with Gasteiger partial charge in [0.25, 0.3) is 0 Å². The summed E-state index contributed by atoms with van der Waals surface area (Å²) in [4.78, 5) is 8.13. The van der Waals surface area contributed by atoms with Crippen LogP contribution in [-0.2, 0) is 0 Å². The molecule has 0 bridgehead atoms.